The molecule has 3 rings (SSSR count). The predicted molar refractivity (Wildman–Crippen MR) is 126 cm³/mol. The van der Waals surface area contributed by atoms with Crippen LogP contribution in [0.5, 0.6) is 0 Å². The van der Waals surface area contributed by atoms with Crippen molar-refractivity contribution in [3.05, 3.63) is 75.4 Å². The highest BCUT2D eigenvalue weighted by molar-refractivity contribution is 6.30. The fourth-order valence-corrected chi connectivity index (χ4v) is 3.91. The van der Waals surface area contributed by atoms with Crippen LogP contribution in [0.1, 0.15) is 24.2 Å². The van der Waals surface area contributed by atoms with Crippen LogP contribution in [0.25, 0.3) is 6.08 Å². The lowest BCUT2D eigenvalue weighted by Gasteiger charge is -2.32. The molecule has 0 amide bonds. The summed E-state index contributed by atoms with van der Waals surface area (Å²) in [6, 6.07) is 5.00. The number of nitrogen functional groups attached to an aromatic ring is 1. The molecule has 1 aliphatic heterocycles. The van der Waals surface area contributed by atoms with Crippen LogP contribution >= 0.6 is 11.6 Å². The number of hydrogen-bond acceptors (Lipinski definition) is 6. The average Bonchev–Trinajstić information content (AvgIpc) is 2.80. The van der Waals surface area contributed by atoms with Gasteiger partial charge in [-0.2, -0.15) is 0 Å². The van der Waals surface area contributed by atoms with Gasteiger partial charge in [-0.25, -0.2) is 4.39 Å². The van der Waals surface area contributed by atoms with Crippen molar-refractivity contribution in [2.75, 3.05) is 32.5 Å². The van der Waals surface area contributed by atoms with Gasteiger partial charge < -0.3 is 25.3 Å². The van der Waals surface area contributed by atoms with Crippen LogP contribution in [0.3, 0.4) is 0 Å². The van der Waals surface area contributed by atoms with Crippen molar-refractivity contribution < 1.29 is 9.13 Å². The molecular formula is C23H29ClFN5O2. The molecule has 0 spiro atoms. The maximum atomic E-state index is 13.2. The lowest BCUT2D eigenvalue weighted by atomic mass is 10.0. The van der Waals surface area contributed by atoms with Gasteiger partial charge in [-0.15, -0.1) is 0 Å². The van der Waals surface area contributed by atoms with Gasteiger partial charge in [-0.1, -0.05) is 18.2 Å². The third kappa shape index (κ3) is 6.18. The summed E-state index contributed by atoms with van der Waals surface area (Å²) in [7, 11) is 1.55. The number of halogens is 2. The Morgan fingerprint density at radius 2 is 2.16 bits per heavy atom. The van der Waals surface area contributed by atoms with Crippen molar-refractivity contribution in [3.8, 4) is 0 Å². The molecule has 1 fully saturated rings. The van der Waals surface area contributed by atoms with Gasteiger partial charge in [-0.05, 0) is 44.1 Å². The summed E-state index contributed by atoms with van der Waals surface area (Å²) in [4.78, 5) is 18.9. The summed E-state index contributed by atoms with van der Waals surface area (Å²) >= 11 is 5.82. The average molecular weight is 462 g/mol. The Bertz CT molecular complexity index is 1030. The van der Waals surface area contributed by atoms with E-state index in [0.29, 0.717) is 36.3 Å². The zero-order valence-electron chi connectivity index (χ0n) is 18.2. The molecule has 0 aromatic carbocycles. The highest BCUT2D eigenvalue weighted by Gasteiger charge is 2.19. The van der Waals surface area contributed by atoms with Gasteiger partial charge in [0.25, 0.3) is 5.56 Å². The van der Waals surface area contributed by atoms with Crippen molar-refractivity contribution in [2.24, 2.45) is 0 Å². The van der Waals surface area contributed by atoms with E-state index < -0.39 is 5.82 Å². The smallest absolute Gasteiger partial charge is 0.251 e. The summed E-state index contributed by atoms with van der Waals surface area (Å²) in [5.74, 6) is 0.0319. The van der Waals surface area contributed by atoms with E-state index in [1.165, 1.54) is 6.07 Å². The zero-order valence-corrected chi connectivity index (χ0v) is 18.9. The molecule has 1 saturated heterocycles. The van der Waals surface area contributed by atoms with Gasteiger partial charge >= 0.3 is 0 Å². The van der Waals surface area contributed by atoms with E-state index in [-0.39, 0.29) is 10.6 Å². The van der Waals surface area contributed by atoms with Crippen LogP contribution in [0.4, 0.5) is 10.1 Å². The molecule has 0 saturated carbocycles. The maximum Gasteiger partial charge on any atom is 0.251 e. The largest absolute Gasteiger partial charge is 0.497 e. The highest BCUT2D eigenvalue weighted by atomic mass is 35.5. The summed E-state index contributed by atoms with van der Waals surface area (Å²) in [5.41, 5.74) is 7.87. The first kappa shape index (κ1) is 24.0. The topological polar surface area (TPSA) is 85.4 Å². The summed E-state index contributed by atoms with van der Waals surface area (Å²) in [6.07, 6.45) is 6.40. The molecule has 3 heterocycles. The Kier molecular flexibility index (Phi) is 8.44. The van der Waals surface area contributed by atoms with Crippen molar-refractivity contribution in [1.29, 1.82) is 0 Å². The molecule has 3 N–H and O–H groups in total. The van der Waals surface area contributed by atoms with Crippen LogP contribution in [0.15, 0.2) is 47.6 Å². The van der Waals surface area contributed by atoms with Gasteiger partial charge in [0.1, 0.15) is 5.76 Å². The molecule has 32 heavy (non-hydrogen) atoms. The molecule has 2 aromatic heterocycles. The summed E-state index contributed by atoms with van der Waals surface area (Å²) in [6.45, 7) is 7.35. The van der Waals surface area contributed by atoms with Crippen LogP contribution in [0.2, 0.25) is 5.02 Å². The number of allylic oxidation sites excluding steroid dienone is 1. The van der Waals surface area contributed by atoms with Gasteiger partial charge in [0.15, 0.2) is 5.82 Å². The highest BCUT2D eigenvalue weighted by Crippen LogP contribution is 2.17. The number of methoxy groups -OCH3 is 1. The van der Waals surface area contributed by atoms with Crippen molar-refractivity contribution in [2.45, 2.75) is 32.0 Å². The van der Waals surface area contributed by atoms with Crippen LogP contribution in [-0.2, 0) is 17.8 Å². The van der Waals surface area contributed by atoms with E-state index in [0.717, 1.165) is 44.4 Å². The third-order valence-corrected chi connectivity index (χ3v) is 5.93. The van der Waals surface area contributed by atoms with Crippen LogP contribution < -0.4 is 16.6 Å². The number of pyridine rings is 2. The Labute approximate surface area is 192 Å². The first-order valence-electron chi connectivity index (χ1n) is 10.5. The molecule has 0 aliphatic carbocycles. The number of hydrogen-bond donors (Lipinski definition) is 2. The van der Waals surface area contributed by atoms with Gasteiger partial charge in [0.05, 0.1) is 35.4 Å². The number of anilines is 1. The molecule has 0 unspecified atom stereocenters. The summed E-state index contributed by atoms with van der Waals surface area (Å²) < 4.78 is 20.2. The molecule has 0 bridgehead atoms. The third-order valence-electron chi connectivity index (χ3n) is 5.64. The Balaban J connectivity index is 1.54. The number of nitrogens with one attached hydrogen (secondary N) is 1. The number of nitrogens with zero attached hydrogens (tertiary/aromatic N) is 3. The number of likely N-dealkylation sites (tertiary alicyclic amines) is 1. The van der Waals surface area contributed by atoms with E-state index in [4.69, 9.17) is 22.1 Å². The second kappa shape index (κ2) is 11.3. The van der Waals surface area contributed by atoms with Crippen LogP contribution in [0, 0.1) is 5.82 Å². The summed E-state index contributed by atoms with van der Waals surface area (Å²) in [5, 5.41) is 3.55. The molecule has 7 nitrogen and oxygen atoms in total. The lowest BCUT2D eigenvalue weighted by Crippen LogP contribution is -2.43. The fraction of sp³-hybridized carbons (Fsp3) is 0.391. The first-order chi connectivity index (χ1) is 15.4. The quantitative estimate of drug-likeness (QED) is 0.441. The van der Waals surface area contributed by atoms with Gasteiger partial charge in [0.2, 0.25) is 0 Å². The number of aromatic nitrogens is 2. The van der Waals surface area contributed by atoms with E-state index in [9.17, 15) is 9.18 Å². The van der Waals surface area contributed by atoms with Crippen LogP contribution in [-0.4, -0.2) is 47.2 Å². The lowest BCUT2D eigenvalue weighted by molar-refractivity contribution is 0.190. The molecule has 172 valence electrons. The van der Waals surface area contributed by atoms with Gasteiger partial charge in [-0.3, -0.25) is 9.78 Å². The van der Waals surface area contributed by atoms with Crippen molar-refractivity contribution in [1.82, 2.24) is 19.8 Å². The van der Waals surface area contributed by atoms with E-state index in [1.54, 1.807) is 36.0 Å². The maximum absolute atomic E-state index is 13.2. The molecule has 1 aliphatic rings. The van der Waals surface area contributed by atoms with E-state index >= 15 is 0 Å². The molecular weight excluding hydrogens is 433 g/mol. The van der Waals surface area contributed by atoms with Gasteiger partial charge in [0, 0.05) is 37.8 Å². The standard InChI is InChI=1S/C23H29ClFN5O2/c1-3-18(32-2)13-22-21(26)4-5-23(31)30(22)11-10-29-8-6-16(7-9-29)27-14-17-12-19(24)20(25)15-28-17/h3-5,12-13,15-16,27H,1,6-11,14,26H2,2H3/b18-13+. The number of rotatable bonds is 9. The monoisotopic (exact) mass is 461 g/mol. The zero-order chi connectivity index (χ0) is 23.1. The number of nitrogens with two attached hydrogens (primary N) is 1. The number of ether oxygens (including phenoxy) is 1. The van der Waals surface area contributed by atoms with Crippen molar-refractivity contribution >= 4 is 23.4 Å². The first-order valence-corrected chi connectivity index (χ1v) is 10.9. The Hall–Kier alpha value is -2.68. The second-order valence-electron chi connectivity index (χ2n) is 7.71. The van der Waals surface area contributed by atoms with E-state index in [1.807, 2.05) is 0 Å². The minimum atomic E-state index is -0.510. The predicted octanol–water partition coefficient (Wildman–Crippen LogP) is 3.05. The van der Waals surface area contributed by atoms with E-state index in [2.05, 4.69) is 21.8 Å². The van der Waals surface area contributed by atoms with Crippen molar-refractivity contribution in [3.63, 3.8) is 0 Å². The Morgan fingerprint density at radius 1 is 1.41 bits per heavy atom. The molecule has 0 radical (unpaired) electrons. The minimum Gasteiger partial charge on any atom is -0.497 e. The molecule has 2 aromatic rings. The second-order valence-corrected chi connectivity index (χ2v) is 8.11. The number of piperidine rings is 1. The SMILES string of the molecule is C=C/C(=C\c1c(N)ccc(=O)n1CCN1CCC(NCc2cc(Cl)c(F)cn2)CC1)OC. The minimum absolute atomic E-state index is 0.0864. The fourth-order valence-electron chi connectivity index (χ4n) is 3.74. The molecule has 9 heteroatoms. The normalized spacial score (nSPS) is 15.7. The molecule has 0 atom stereocenters. The Morgan fingerprint density at radius 3 is 2.81 bits per heavy atom.